The molecule has 42 heavy (non-hydrogen) atoms. The number of amides is 3. The summed E-state index contributed by atoms with van der Waals surface area (Å²) in [6.45, 7) is 6.50. The fraction of sp³-hybridized carbons (Fsp3) is 0.625. The average Bonchev–Trinajstić information content (AvgIpc) is 3.70. The molecule has 228 valence electrons. The molecular formula is C32H45N5O5. The molecule has 1 aromatic heterocycles. The van der Waals surface area contributed by atoms with E-state index in [9.17, 15) is 14.4 Å². The number of carbonyl (C=O) groups is 3. The Bertz CT molecular complexity index is 1220. The number of ether oxygens (including phenoxy) is 1. The summed E-state index contributed by atoms with van der Waals surface area (Å²) in [5.74, 6) is 0.974. The van der Waals surface area contributed by atoms with Crippen molar-refractivity contribution in [3.05, 3.63) is 52.9 Å². The number of aromatic nitrogens is 1. The Labute approximate surface area is 248 Å². The third-order valence-corrected chi connectivity index (χ3v) is 9.27. The summed E-state index contributed by atoms with van der Waals surface area (Å²) in [7, 11) is 0. The SMILES string of the molecule is Cc1ccc(C(=O)N2CCC(N(CC3CCCO3)C(=O)c3cc(C)on3)C[C@@H]2C(=O)NCC2CCC(CN)CC2)cc1. The number of rotatable bonds is 9. The largest absolute Gasteiger partial charge is 0.376 e. The van der Waals surface area contributed by atoms with Gasteiger partial charge in [0.2, 0.25) is 5.91 Å². The van der Waals surface area contributed by atoms with Crippen LogP contribution in [0.5, 0.6) is 0 Å². The molecule has 2 saturated heterocycles. The summed E-state index contributed by atoms with van der Waals surface area (Å²) in [6.07, 6.45) is 6.93. The first-order chi connectivity index (χ1) is 20.3. The van der Waals surface area contributed by atoms with Crippen LogP contribution in [0.2, 0.25) is 0 Å². The van der Waals surface area contributed by atoms with E-state index >= 15 is 0 Å². The van der Waals surface area contributed by atoms with E-state index < -0.39 is 6.04 Å². The minimum atomic E-state index is -0.697. The standard InChI is InChI=1S/C32H45N5O5/c1-21-5-11-25(12-6-21)31(39)36-14-13-26(17-29(36)30(38)34-19-24-9-7-23(18-33)8-10-24)37(20-27-4-3-15-41-27)32(40)28-16-22(2)42-35-28/h5-6,11-12,16,23-24,26-27,29H,3-4,7-10,13-15,17-20,33H2,1-2H3,(H,34,38)/t23?,24?,26?,27?,29-/m1/s1. The van der Waals surface area contributed by atoms with Crippen LogP contribution in [0.1, 0.15) is 83.5 Å². The zero-order valence-corrected chi connectivity index (χ0v) is 24.9. The average molecular weight is 580 g/mol. The van der Waals surface area contributed by atoms with Crippen LogP contribution in [-0.2, 0) is 9.53 Å². The van der Waals surface area contributed by atoms with Crippen LogP contribution in [0.3, 0.4) is 0 Å². The minimum absolute atomic E-state index is 0.0647. The predicted molar refractivity (Wildman–Crippen MR) is 158 cm³/mol. The number of aryl methyl sites for hydroxylation is 2. The number of carbonyl (C=O) groups excluding carboxylic acids is 3. The molecule has 2 aliphatic heterocycles. The number of nitrogens with two attached hydrogens (primary N) is 1. The van der Waals surface area contributed by atoms with E-state index in [1.807, 2.05) is 31.2 Å². The maximum atomic E-state index is 13.8. The predicted octanol–water partition coefficient (Wildman–Crippen LogP) is 3.47. The molecule has 1 aromatic carbocycles. The molecular weight excluding hydrogens is 534 g/mol. The number of likely N-dealkylation sites (tertiary alicyclic amines) is 1. The van der Waals surface area contributed by atoms with Crippen LogP contribution in [0.15, 0.2) is 34.9 Å². The number of nitrogens with one attached hydrogen (secondary N) is 1. The van der Waals surface area contributed by atoms with Crippen molar-refractivity contribution in [1.82, 2.24) is 20.3 Å². The molecule has 3 heterocycles. The first-order valence-electron chi connectivity index (χ1n) is 15.5. The molecule has 3 fully saturated rings. The molecule has 1 aliphatic carbocycles. The second kappa shape index (κ2) is 13.8. The summed E-state index contributed by atoms with van der Waals surface area (Å²) in [6, 6.07) is 8.14. The molecule has 0 bridgehead atoms. The van der Waals surface area contributed by atoms with Gasteiger partial charge in [0.25, 0.3) is 11.8 Å². The van der Waals surface area contributed by atoms with Crippen molar-refractivity contribution in [2.45, 2.75) is 83.4 Å². The van der Waals surface area contributed by atoms with Gasteiger partial charge in [-0.2, -0.15) is 0 Å². The Morgan fingerprint density at radius 1 is 1.05 bits per heavy atom. The molecule has 3 N–H and O–H groups in total. The molecule has 0 radical (unpaired) electrons. The Kier molecular flexibility index (Phi) is 9.95. The topological polar surface area (TPSA) is 131 Å². The maximum absolute atomic E-state index is 13.8. The van der Waals surface area contributed by atoms with Crippen LogP contribution >= 0.6 is 0 Å². The van der Waals surface area contributed by atoms with Gasteiger partial charge in [-0.05, 0) is 95.7 Å². The van der Waals surface area contributed by atoms with Gasteiger partial charge in [-0.3, -0.25) is 14.4 Å². The highest BCUT2D eigenvalue weighted by atomic mass is 16.5. The fourth-order valence-electron chi connectivity index (χ4n) is 6.64. The second-order valence-corrected chi connectivity index (χ2v) is 12.3. The maximum Gasteiger partial charge on any atom is 0.276 e. The van der Waals surface area contributed by atoms with Gasteiger partial charge >= 0.3 is 0 Å². The second-order valence-electron chi connectivity index (χ2n) is 12.3. The third-order valence-electron chi connectivity index (χ3n) is 9.27. The lowest BCUT2D eigenvalue weighted by molar-refractivity contribution is -0.127. The van der Waals surface area contributed by atoms with Crippen LogP contribution in [0.4, 0.5) is 0 Å². The molecule has 2 aromatic rings. The van der Waals surface area contributed by atoms with Gasteiger partial charge in [0.1, 0.15) is 11.8 Å². The molecule has 3 atom stereocenters. The van der Waals surface area contributed by atoms with Crippen LogP contribution < -0.4 is 11.1 Å². The number of hydrogen-bond acceptors (Lipinski definition) is 7. The van der Waals surface area contributed by atoms with E-state index in [2.05, 4.69) is 10.5 Å². The number of nitrogens with zero attached hydrogens (tertiary/aromatic N) is 3. The first kappa shape index (κ1) is 30.2. The minimum Gasteiger partial charge on any atom is -0.376 e. The molecule has 3 amide bonds. The molecule has 5 rings (SSSR count). The van der Waals surface area contributed by atoms with Crippen molar-refractivity contribution >= 4 is 17.7 Å². The zero-order valence-electron chi connectivity index (χ0n) is 24.9. The number of benzene rings is 1. The van der Waals surface area contributed by atoms with Gasteiger partial charge in [0.15, 0.2) is 5.69 Å². The smallest absolute Gasteiger partial charge is 0.276 e. The van der Waals surface area contributed by atoms with Crippen molar-refractivity contribution in [2.24, 2.45) is 17.6 Å². The molecule has 2 unspecified atom stereocenters. The summed E-state index contributed by atoms with van der Waals surface area (Å²) >= 11 is 0. The molecule has 0 spiro atoms. The van der Waals surface area contributed by atoms with Gasteiger partial charge in [-0.1, -0.05) is 22.9 Å². The van der Waals surface area contributed by atoms with Gasteiger partial charge in [0.05, 0.1) is 6.10 Å². The van der Waals surface area contributed by atoms with Crippen molar-refractivity contribution in [1.29, 1.82) is 0 Å². The zero-order chi connectivity index (χ0) is 29.6. The van der Waals surface area contributed by atoms with Gasteiger partial charge < -0.3 is 30.1 Å². The summed E-state index contributed by atoms with van der Waals surface area (Å²) in [4.78, 5) is 44.8. The summed E-state index contributed by atoms with van der Waals surface area (Å²) < 4.78 is 11.1. The van der Waals surface area contributed by atoms with E-state index in [1.54, 1.807) is 22.8 Å². The number of hydrogen-bond donors (Lipinski definition) is 2. The van der Waals surface area contributed by atoms with Crippen molar-refractivity contribution < 1.29 is 23.6 Å². The van der Waals surface area contributed by atoms with Gasteiger partial charge in [-0.15, -0.1) is 0 Å². The van der Waals surface area contributed by atoms with Crippen molar-refractivity contribution in [3.63, 3.8) is 0 Å². The first-order valence-corrected chi connectivity index (χ1v) is 15.5. The summed E-state index contributed by atoms with van der Waals surface area (Å²) in [5.41, 5.74) is 7.73. The van der Waals surface area contributed by atoms with E-state index in [0.29, 0.717) is 68.8 Å². The third kappa shape index (κ3) is 7.21. The summed E-state index contributed by atoms with van der Waals surface area (Å²) in [5, 5.41) is 7.16. The number of piperidine rings is 1. The lowest BCUT2D eigenvalue weighted by Gasteiger charge is -2.43. The van der Waals surface area contributed by atoms with Crippen molar-refractivity contribution in [2.75, 3.05) is 32.8 Å². The molecule has 10 heteroatoms. The van der Waals surface area contributed by atoms with E-state index in [0.717, 1.165) is 44.1 Å². The van der Waals surface area contributed by atoms with E-state index in [4.69, 9.17) is 15.0 Å². The Balaban J connectivity index is 1.35. The fourth-order valence-corrected chi connectivity index (χ4v) is 6.64. The highest BCUT2D eigenvalue weighted by Crippen LogP contribution is 2.29. The lowest BCUT2D eigenvalue weighted by Crippen LogP contribution is -2.59. The van der Waals surface area contributed by atoms with Gasteiger partial charge in [0, 0.05) is 43.9 Å². The molecule has 10 nitrogen and oxygen atoms in total. The monoisotopic (exact) mass is 579 g/mol. The highest BCUT2D eigenvalue weighted by Gasteiger charge is 2.41. The molecule has 3 aliphatic rings. The molecule has 1 saturated carbocycles. The van der Waals surface area contributed by atoms with Crippen LogP contribution in [0.25, 0.3) is 0 Å². The van der Waals surface area contributed by atoms with Crippen molar-refractivity contribution in [3.8, 4) is 0 Å². The van der Waals surface area contributed by atoms with Crippen LogP contribution in [0, 0.1) is 25.7 Å². The van der Waals surface area contributed by atoms with E-state index in [1.165, 1.54) is 0 Å². The Hall–Kier alpha value is -3.24. The quantitative estimate of drug-likeness (QED) is 0.465. The van der Waals surface area contributed by atoms with E-state index in [-0.39, 0.29) is 35.6 Å². The van der Waals surface area contributed by atoms with Gasteiger partial charge in [-0.25, -0.2) is 0 Å². The normalized spacial score (nSPS) is 26.2. The Morgan fingerprint density at radius 2 is 1.79 bits per heavy atom. The lowest BCUT2D eigenvalue weighted by atomic mass is 9.82. The van der Waals surface area contributed by atoms with Crippen LogP contribution in [-0.4, -0.2) is 83.7 Å². The Morgan fingerprint density at radius 3 is 2.43 bits per heavy atom. The highest BCUT2D eigenvalue weighted by molar-refractivity contribution is 5.98.